The Kier molecular flexibility index (Phi) is 9.65. The number of rotatable bonds is 11. The summed E-state index contributed by atoms with van der Waals surface area (Å²) in [5, 5.41) is 4.06. The van der Waals surface area contributed by atoms with Crippen molar-refractivity contribution in [2.45, 2.75) is 57.7 Å². The second kappa shape index (κ2) is 11.7. The van der Waals surface area contributed by atoms with Gasteiger partial charge in [-0.3, -0.25) is 4.79 Å². The summed E-state index contributed by atoms with van der Waals surface area (Å²) in [5.41, 5.74) is 0. The Morgan fingerprint density at radius 3 is 2.70 bits per heavy atom. The molecule has 27 heavy (non-hydrogen) atoms. The van der Waals surface area contributed by atoms with Gasteiger partial charge in [0.1, 0.15) is 11.0 Å². The van der Waals surface area contributed by atoms with Gasteiger partial charge in [0.2, 0.25) is 5.91 Å². The number of carbonyl (C=O) groups is 1. The molecule has 152 valence electrons. The maximum atomic E-state index is 12.2. The molecule has 0 saturated carbocycles. The Bertz CT molecular complexity index is 593. The van der Waals surface area contributed by atoms with Crippen molar-refractivity contribution in [3.63, 3.8) is 0 Å². The minimum absolute atomic E-state index is 0.0154. The first-order chi connectivity index (χ1) is 13.0. The molecule has 1 atom stereocenters. The van der Waals surface area contributed by atoms with E-state index in [1.165, 1.54) is 24.6 Å². The van der Waals surface area contributed by atoms with Gasteiger partial charge in [-0.25, -0.2) is 9.97 Å². The van der Waals surface area contributed by atoms with Gasteiger partial charge in [0.05, 0.1) is 5.75 Å². The van der Waals surface area contributed by atoms with Crippen LogP contribution >= 0.6 is 23.4 Å². The summed E-state index contributed by atoms with van der Waals surface area (Å²) in [6.07, 6.45) is 4.43. The zero-order valence-corrected chi connectivity index (χ0v) is 18.3. The highest BCUT2D eigenvalue weighted by Crippen LogP contribution is 2.24. The van der Waals surface area contributed by atoms with Crippen LogP contribution in [0, 0.1) is 0 Å². The minimum Gasteiger partial charge on any atom is -0.356 e. The van der Waals surface area contributed by atoms with Gasteiger partial charge >= 0.3 is 0 Å². The van der Waals surface area contributed by atoms with Crippen molar-refractivity contribution in [1.82, 2.24) is 20.2 Å². The molecule has 0 radical (unpaired) electrons. The minimum atomic E-state index is 0.0154. The zero-order valence-electron chi connectivity index (χ0n) is 16.7. The lowest BCUT2D eigenvalue weighted by atomic mass is 10.2. The number of thioether (sulfide) groups is 1. The van der Waals surface area contributed by atoms with Crippen LogP contribution in [0.3, 0.4) is 0 Å². The van der Waals surface area contributed by atoms with Gasteiger partial charge < -0.3 is 15.1 Å². The van der Waals surface area contributed by atoms with Crippen LogP contribution in [0.4, 0.5) is 5.82 Å². The molecule has 1 aromatic rings. The maximum absolute atomic E-state index is 12.2. The standard InChI is InChI=1S/C19H32ClN5OS/c1-4-24(5-2)10-8-9-15(3)21-18(26)14-27-19-22-16(20)13-17(23-19)25-11-6-7-12-25/h13,15H,4-12,14H2,1-3H3,(H,21,26). The van der Waals surface area contributed by atoms with Crippen LogP contribution in [-0.2, 0) is 4.79 Å². The highest BCUT2D eigenvalue weighted by Gasteiger charge is 2.16. The average molecular weight is 414 g/mol. The molecular weight excluding hydrogens is 382 g/mol. The SMILES string of the molecule is CCN(CC)CCCC(C)NC(=O)CSc1nc(Cl)cc(N2CCCC2)n1. The van der Waals surface area contributed by atoms with Crippen LogP contribution in [0.5, 0.6) is 0 Å². The van der Waals surface area contributed by atoms with Gasteiger partial charge in [0, 0.05) is 25.2 Å². The Hall–Kier alpha value is -1.05. The Balaban J connectivity index is 1.74. The number of amides is 1. The van der Waals surface area contributed by atoms with Crippen LogP contribution in [0.1, 0.15) is 46.5 Å². The third-order valence-electron chi connectivity index (χ3n) is 4.84. The maximum Gasteiger partial charge on any atom is 0.230 e. The molecule has 1 N–H and O–H groups in total. The van der Waals surface area contributed by atoms with E-state index in [2.05, 4.69) is 45.9 Å². The second-order valence-electron chi connectivity index (χ2n) is 6.95. The molecule has 6 nitrogen and oxygen atoms in total. The highest BCUT2D eigenvalue weighted by atomic mass is 35.5. The monoisotopic (exact) mass is 413 g/mol. The van der Waals surface area contributed by atoms with Gasteiger partial charge in [0.15, 0.2) is 5.16 Å². The molecule has 8 heteroatoms. The number of anilines is 1. The smallest absolute Gasteiger partial charge is 0.230 e. The largest absolute Gasteiger partial charge is 0.356 e. The van der Waals surface area contributed by atoms with E-state index >= 15 is 0 Å². The molecule has 1 aliphatic rings. The van der Waals surface area contributed by atoms with Gasteiger partial charge in [-0.2, -0.15) is 0 Å². The summed E-state index contributed by atoms with van der Waals surface area (Å²) in [5.74, 6) is 1.18. The Morgan fingerprint density at radius 1 is 1.33 bits per heavy atom. The number of aromatic nitrogens is 2. The first-order valence-electron chi connectivity index (χ1n) is 9.95. The predicted molar refractivity (Wildman–Crippen MR) is 114 cm³/mol. The molecule has 1 fully saturated rings. The lowest BCUT2D eigenvalue weighted by molar-refractivity contribution is -0.119. The highest BCUT2D eigenvalue weighted by molar-refractivity contribution is 7.99. The van der Waals surface area contributed by atoms with Crippen LogP contribution in [0.15, 0.2) is 11.2 Å². The molecule has 2 rings (SSSR count). The zero-order chi connectivity index (χ0) is 19.6. The fourth-order valence-electron chi connectivity index (χ4n) is 3.24. The Labute approximate surface area is 172 Å². The second-order valence-corrected chi connectivity index (χ2v) is 8.28. The van der Waals surface area contributed by atoms with Crippen molar-refractivity contribution in [3.05, 3.63) is 11.2 Å². The van der Waals surface area contributed by atoms with E-state index in [0.29, 0.717) is 16.1 Å². The molecular formula is C19H32ClN5OS. The molecule has 2 heterocycles. The first kappa shape index (κ1) is 22.2. The van der Waals surface area contributed by atoms with E-state index in [9.17, 15) is 4.79 Å². The number of nitrogens with zero attached hydrogens (tertiary/aromatic N) is 4. The Morgan fingerprint density at radius 2 is 2.04 bits per heavy atom. The van der Waals surface area contributed by atoms with Crippen molar-refractivity contribution >= 4 is 35.1 Å². The summed E-state index contributed by atoms with van der Waals surface area (Å²) >= 11 is 7.48. The van der Waals surface area contributed by atoms with Crippen LogP contribution < -0.4 is 10.2 Å². The molecule has 0 spiro atoms. The lowest BCUT2D eigenvalue weighted by Gasteiger charge is -2.19. The molecule has 0 aliphatic carbocycles. The average Bonchev–Trinajstić information content (AvgIpc) is 3.18. The van der Waals surface area contributed by atoms with Crippen molar-refractivity contribution in [3.8, 4) is 0 Å². The van der Waals surface area contributed by atoms with Crippen LogP contribution in [0.2, 0.25) is 5.15 Å². The van der Waals surface area contributed by atoms with Crippen LogP contribution in [0.25, 0.3) is 0 Å². The quantitative estimate of drug-likeness (QED) is 0.340. The van der Waals surface area contributed by atoms with Crippen molar-refractivity contribution in [2.75, 3.05) is 43.4 Å². The van der Waals surface area contributed by atoms with Gasteiger partial charge in [-0.05, 0) is 52.2 Å². The van der Waals surface area contributed by atoms with E-state index in [1.807, 2.05) is 0 Å². The topological polar surface area (TPSA) is 61.4 Å². The fourth-order valence-corrected chi connectivity index (χ4v) is 4.13. The lowest BCUT2D eigenvalue weighted by Crippen LogP contribution is -2.34. The molecule has 1 unspecified atom stereocenters. The van der Waals surface area contributed by atoms with E-state index in [-0.39, 0.29) is 11.9 Å². The fraction of sp³-hybridized carbons (Fsp3) is 0.737. The summed E-state index contributed by atoms with van der Waals surface area (Å²) in [6, 6.07) is 1.98. The molecule has 1 amide bonds. The predicted octanol–water partition coefficient (Wildman–Crippen LogP) is 3.45. The molecule has 1 saturated heterocycles. The van der Waals surface area contributed by atoms with Gasteiger partial charge in [-0.1, -0.05) is 37.2 Å². The van der Waals surface area contributed by atoms with E-state index in [0.717, 1.165) is 51.4 Å². The van der Waals surface area contributed by atoms with Gasteiger partial charge in [-0.15, -0.1) is 0 Å². The van der Waals surface area contributed by atoms with Crippen molar-refractivity contribution < 1.29 is 4.79 Å². The number of halogens is 1. The van der Waals surface area contributed by atoms with E-state index in [4.69, 9.17) is 11.6 Å². The third kappa shape index (κ3) is 7.84. The van der Waals surface area contributed by atoms with Gasteiger partial charge in [0.25, 0.3) is 0 Å². The van der Waals surface area contributed by atoms with Crippen molar-refractivity contribution in [2.24, 2.45) is 0 Å². The number of nitrogens with one attached hydrogen (secondary N) is 1. The summed E-state index contributed by atoms with van der Waals surface area (Å²) < 4.78 is 0. The van der Waals surface area contributed by atoms with E-state index < -0.39 is 0 Å². The normalized spacial score (nSPS) is 15.4. The third-order valence-corrected chi connectivity index (χ3v) is 5.88. The molecule has 1 aliphatic heterocycles. The number of hydrogen-bond donors (Lipinski definition) is 1. The summed E-state index contributed by atoms with van der Waals surface area (Å²) in [6.45, 7) is 11.7. The van der Waals surface area contributed by atoms with Crippen LogP contribution in [-0.4, -0.2) is 65.3 Å². The molecule has 0 bridgehead atoms. The number of hydrogen-bond acceptors (Lipinski definition) is 6. The summed E-state index contributed by atoms with van der Waals surface area (Å²) in [4.78, 5) is 25.7. The van der Waals surface area contributed by atoms with E-state index in [1.54, 1.807) is 6.07 Å². The number of carbonyl (C=O) groups excluding carboxylic acids is 1. The molecule has 0 aromatic carbocycles. The molecule has 1 aromatic heterocycles. The summed E-state index contributed by atoms with van der Waals surface area (Å²) in [7, 11) is 0. The first-order valence-corrected chi connectivity index (χ1v) is 11.3. The van der Waals surface area contributed by atoms with Crippen molar-refractivity contribution in [1.29, 1.82) is 0 Å².